The van der Waals surface area contributed by atoms with Crippen LogP contribution in [-0.4, -0.2) is 45.1 Å². The summed E-state index contributed by atoms with van der Waals surface area (Å²) in [5, 5.41) is 17.7. The summed E-state index contributed by atoms with van der Waals surface area (Å²) in [7, 11) is -4.35. The number of hydrogen-bond acceptors (Lipinski definition) is 5. The smallest absolute Gasteiger partial charge is 0.477 e. The molecule has 0 aliphatic heterocycles. The molecule has 1 aromatic carbocycles. The van der Waals surface area contributed by atoms with Crippen LogP contribution in [0.3, 0.4) is 0 Å². The first-order valence-corrected chi connectivity index (χ1v) is 6.78. The van der Waals surface area contributed by atoms with E-state index in [1.54, 1.807) is 0 Å². The molecule has 0 amide bonds. The molecule has 2 rings (SSSR count). The molecule has 22 heavy (non-hydrogen) atoms. The van der Waals surface area contributed by atoms with Crippen LogP contribution in [0.1, 0.15) is 21.0 Å². The molecule has 9 nitrogen and oxygen atoms in total. The van der Waals surface area contributed by atoms with Crippen molar-refractivity contribution >= 4 is 22.1 Å². The average molecular weight is 335 g/mol. The molecule has 4 N–H and O–H groups in total. The summed E-state index contributed by atoms with van der Waals surface area (Å²) < 4.78 is 30.6. The standard InChI is InChI=1S/C11H8N2O7S.Na/c14-10(15)7-8(11(16)17)13-9(12-7)5-1-3-6(4-2-5)21(18,19)20;/h1-4H,(H,12,13)(H,14,15)(H,16,17)(H,18,19,20);/q;+1. The molecule has 0 saturated carbocycles. The first kappa shape index (κ1) is 18.3. The van der Waals surface area contributed by atoms with E-state index in [4.69, 9.17) is 14.8 Å². The summed E-state index contributed by atoms with van der Waals surface area (Å²) in [6.07, 6.45) is 0. The number of carboxylic acids is 2. The first-order valence-electron chi connectivity index (χ1n) is 5.34. The van der Waals surface area contributed by atoms with Crippen molar-refractivity contribution in [1.29, 1.82) is 0 Å². The second-order valence-electron chi connectivity index (χ2n) is 3.92. The van der Waals surface area contributed by atoms with Gasteiger partial charge in [0.2, 0.25) is 0 Å². The van der Waals surface area contributed by atoms with E-state index in [0.717, 1.165) is 12.1 Å². The zero-order chi connectivity index (χ0) is 15.8. The molecule has 0 aliphatic carbocycles. The minimum Gasteiger partial charge on any atom is -0.477 e. The summed E-state index contributed by atoms with van der Waals surface area (Å²) in [6, 6.07) is 4.65. The van der Waals surface area contributed by atoms with Crippen LogP contribution in [0.15, 0.2) is 29.2 Å². The molecule has 0 atom stereocenters. The fourth-order valence-electron chi connectivity index (χ4n) is 1.60. The van der Waals surface area contributed by atoms with Crippen LogP contribution < -0.4 is 29.6 Å². The fraction of sp³-hybridized carbons (Fsp3) is 0. The monoisotopic (exact) mass is 335 g/mol. The number of benzene rings is 1. The molecule has 11 heteroatoms. The van der Waals surface area contributed by atoms with Gasteiger partial charge < -0.3 is 15.2 Å². The SMILES string of the molecule is O=C(O)c1nc(-c2ccc(S(=O)(=O)O)cc2)[nH]c1C(=O)O.[Na+]. The number of carbonyl (C=O) groups is 2. The Balaban J connectivity index is 0.00000242. The molecule has 110 valence electrons. The quantitative estimate of drug-likeness (QED) is 0.359. The summed E-state index contributed by atoms with van der Waals surface area (Å²) in [5.74, 6) is -3.04. The zero-order valence-electron chi connectivity index (χ0n) is 11.1. The van der Waals surface area contributed by atoms with Crippen molar-refractivity contribution in [1.82, 2.24) is 9.97 Å². The number of rotatable bonds is 4. The van der Waals surface area contributed by atoms with Gasteiger partial charge in [-0.15, -0.1) is 0 Å². The van der Waals surface area contributed by atoms with E-state index >= 15 is 0 Å². The average Bonchev–Trinajstić information content (AvgIpc) is 2.83. The zero-order valence-corrected chi connectivity index (χ0v) is 14.0. The second kappa shape index (κ2) is 6.58. The topological polar surface area (TPSA) is 158 Å². The molecule has 0 saturated heterocycles. The van der Waals surface area contributed by atoms with Crippen molar-refractivity contribution in [3.63, 3.8) is 0 Å². The van der Waals surface area contributed by atoms with Gasteiger partial charge in [0.1, 0.15) is 5.82 Å². The van der Waals surface area contributed by atoms with E-state index in [1.807, 2.05) is 0 Å². The van der Waals surface area contributed by atoms with Crippen LogP contribution in [0.5, 0.6) is 0 Å². The second-order valence-corrected chi connectivity index (χ2v) is 5.34. The van der Waals surface area contributed by atoms with Crippen molar-refractivity contribution in [3.05, 3.63) is 35.7 Å². The number of imidazole rings is 1. The minimum absolute atomic E-state index is 0. The third-order valence-corrected chi connectivity index (χ3v) is 3.41. The normalized spacial score (nSPS) is 10.8. The van der Waals surface area contributed by atoms with Gasteiger partial charge in [0.05, 0.1) is 4.90 Å². The Labute approximate surface area is 146 Å². The van der Waals surface area contributed by atoms with Crippen LogP contribution in [0, 0.1) is 0 Å². The number of aromatic nitrogens is 2. The number of hydrogen-bond donors (Lipinski definition) is 4. The molecule has 0 fully saturated rings. The van der Waals surface area contributed by atoms with Crippen LogP contribution >= 0.6 is 0 Å². The third kappa shape index (κ3) is 3.72. The van der Waals surface area contributed by atoms with Crippen molar-refractivity contribution in [2.24, 2.45) is 0 Å². The summed E-state index contributed by atoms with van der Waals surface area (Å²) in [5.41, 5.74) is -0.981. The van der Waals surface area contributed by atoms with Gasteiger partial charge in [-0.3, -0.25) is 4.55 Å². The Hall–Kier alpha value is -1.72. The Morgan fingerprint density at radius 2 is 1.59 bits per heavy atom. The van der Waals surface area contributed by atoms with Gasteiger partial charge in [-0.05, 0) is 24.3 Å². The van der Waals surface area contributed by atoms with Crippen LogP contribution in [0.25, 0.3) is 11.4 Å². The molecule has 0 aliphatic rings. The molecule has 2 aromatic rings. The predicted octanol–water partition coefficient (Wildman–Crippen LogP) is -2.28. The minimum atomic E-state index is -4.35. The molecule has 0 bridgehead atoms. The summed E-state index contributed by atoms with van der Waals surface area (Å²) in [6.45, 7) is 0. The number of carboxylic acid groups (broad SMARTS) is 2. The van der Waals surface area contributed by atoms with Gasteiger partial charge in [-0.25, -0.2) is 14.6 Å². The van der Waals surface area contributed by atoms with Gasteiger partial charge in [0.25, 0.3) is 10.1 Å². The number of aromatic amines is 1. The van der Waals surface area contributed by atoms with Crippen molar-refractivity contribution in [2.75, 3.05) is 0 Å². The van der Waals surface area contributed by atoms with Gasteiger partial charge in [0, 0.05) is 5.56 Å². The van der Waals surface area contributed by atoms with E-state index in [1.165, 1.54) is 12.1 Å². The van der Waals surface area contributed by atoms with Gasteiger partial charge in [-0.1, -0.05) is 0 Å². The van der Waals surface area contributed by atoms with E-state index in [-0.39, 0.29) is 45.8 Å². The Bertz CT molecular complexity index is 795. The molecular formula is C11H8N2NaO7S+. The Kier molecular flexibility index (Phi) is 5.49. The third-order valence-electron chi connectivity index (χ3n) is 2.55. The number of nitrogens with one attached hydrogen (secondary N) is 1. The van der Waals surface area contributed by atoms with E-state index in [0.29, 0.717) is 0 Å². The molecule has 1 aromatic heterocycles. The van der Waals surface area contributed by atoms with Crippen LogP contribution in [-0.2, 0) is 10.1 Å². The van der Waals surface area contributed by atoms with Crippen molar-refractivity contribution in [2.45, 2.75) is 4.90 Å². The molecule has 0 unspecified atom stereocenters. The molecule has 0 spiro atoms. The first-order chi connectivity index (χ1) is 9.70. The molecule has 0 radical (unpaired) electrons. The largest absolute Gasteiger partial charge is 1.00 e. The van der Waals surface area contributed by atoms with Crippen LogP contribution in [0.4, 0.5) is 0 Å². The van der Waals surface area contributed by atoms with E-state index in [2.05, 4.69) is 9.97 Å². The summed E-state index contributed by atoms with van der Waals surface area (Å²) >= 11 is 0. The maximum absolute atomic E-state index is 10.9. The van der Waals surface area contributed by atoms with Gasteiger partial charge >= 0.3 is 41.5 Å². The number of nitrogens with zero attached hydrogens (tertiary/aromatic N) is 1. The number of aromatic carboxylic acids is 2. The van der Waals surface area contributed by atoms with E-state index in [9.17, 15) is 18.0 Å². The van der Waals surface area contributed by atoms with Crippen molar-refractivity contribution in [3.8, 4) is 11.4 Å². The maximum atomic E-state index is 10.9. The Morgan fingerprint density at radius 1 is 1.05 bits per heavy atom. The molecular weight excluding hydrogens is 327 g/mol. The Morgan fingerprint density at radius 3 is 1.95 bits per heavy atom. The molecule has 1 heterocycles. The summed E-state index contributed by atoms with van der Waals surface area (Å²) in [4.78, 5) is 27.4. The number of H-pyrrole nitrogens is 1. The fourth-order valence-corrected chi connectivity index (χ4v) is 2.08. The van der Waals surface area contributed by atoms with Gasteiger partial charge in [-0.2, -0.15) is 8.42 Å². The van der Waals surface area contributed by atoms with Crippen molar-refractivity contribution < 1.29 is 62.3 Å². The van der Waals surface area contributed by atoms with Crippen LogP contribution in [0.2, 0.25) is 0 Å². The van der Waals surface area contributed by atoms with E-state index < -0.39 is 33.4 Å². The van der Waals surface area contributed by atoms with Gasteiger partial charge in [0.15, 0.2) is 11.4 Å². The predicted molar refractivity (Wildman–Crippen MR) is 67.8 cm³/mol. The maximum Gasteiger partial charge on any atom is 1.00 e.